The molecule has 1 aliphatic rings. The summed E-state index contributed by atoms with van der Waals surface area (Å²) >= 11 is 0. The molecule has 32 heavy (non-hydrogen) atoms. The van der Waals surface area contributed by atoms with Crippen LogP contribution in [0.25, 0.3) is 0 Å². The zero-order valence-corrected chi connectivity index (χ0v) is 18.9. The van der Waals surface area contributed by atoms with Gasteiger partial charge < -0.3 is 15.4 Å². The Morgan fingerprint density at radius 3 is 2.50 bits per heavy atom. The molecule has 9 heteroatoms. The lowest BCUT2D eigenvalue weighted by Gasteiger charge is -2.22. The molecule has 0 unspecified atom stereocenters. The quantitative estimate of drug-likeness (QED) is 0.569. The van der Waals surface area contributed by atoms with Crippen LogP contribution in [0.2, 0.25) is 0 Å². The number of hydrogen-bond donors (Lipinski definition) is 2. The Labute approximate surface area is 189 Å². The lowest BCUT2D eigenvalue weighted by molar-refractivity contribution is -0.116. The normalized spacial score (nSPS) is 15.8. The molecule has 0 saturated carbocycles. The molecule has 2 aromatic carbocycles. The Balaban J connectivity index is 1.55. The van der Waals surface area contributed by atoms with Crippen LogP contribution in [0.3, 0.4) is 0 Å². The second kappa shape index (κ2) is 11.1. The van der Waals surface area contributed by atoms with Gasteiger partial charge in [-0.05, 0) is 43.5 Å². The van der Waals surface area contributed by atoms with Gasteiger partial charge in [0.2, 0.25) is 15.9 Å². The number of amides is 2. The first kappa shape index (κ1) is 23.7. The summed E-state index contributed by atoms with van der Waals surface area (Å²) in [6.45, 7) is 1.33. The number of para-hydroxylation sites is 2. The van der Waals surface area contributed by atoms with E-state index in [0.29, 0.717) is 36.5 Å². The van der Waals surface area contributed by atoms with E-state index in [4.69, 9.17) is 4.74 Å². The average Bonchev–Trinajstić information content (AvgIpc) is 3.29. The smallest absolute Gasteiger partial charge is 0.253 e. The molecule has 0 spiro atoms. The summed E-state index contributed by atoms with van der Waals surface area (Å²) < 4.78 is 31.1. The van der Waals surface area contributed by atoms with E-state index in [2.05, 4.69) is 10.6 Å². The lowest BCUT2D eigenvalue weighted by atomic mass is 10.1. The molecule has 2 amide bonds. The molecule has 2 aromatic rings. The lowest BCUT2D eigenvalue weighted by Crippen LogP contribution is -2.32. The minimum absolute atomic E-state index is 0.0307. The predicted octanol–water partition coefficient (Wildman–Crippen LogP) is 2.78. The third-order valence-corrected chi connectivity index (χ3v) is 6.36. The first-order valence-corrected chi connectivity index (χ1v) is 12.5. The number of carbonyl (C=O) groups is 2. The van der Waals surface area contributed by atoms with Crippen LogP contribution in [0.1, 0.15) is 36.0 Å². The Morgan fingerprint density at radius 1 is 1.09 bits per heavy atom. The summed E-state index contributed by atoms with van der Waals surface area (Å²) in [7, 11) is -3.47. The maximum absolute atomic E-state index is 12.6. The van der Waals surface area contributed by atoms with Crippen LogP contribution in [0.4, 0.5) is 11.4 Å². The van der Waals surface area contributed by atoms with Crippen molar-refractivity contribution in [2.45, 2.75) is 31.8 Å². The summed E-state index contributed by atoms with van der Waals surface area (Å²) in [6.07, 6.45) is 3.54. The van der Waals surface area contributed by atoms with Gasteiger partial charge in [-0.2, -0.15) is 0 Å². The minimum Gasteiger partial charge on any atom is -0.376 e. The van der Waals surface area contributed by atoms with Crippen LogP contribution in [0, 0.1) is 0 Å². The number of rotatable bonds is 10. The third kappa shape index (κ3) is 6.80. The minimum atomic E-state index is -3.47. The number of hydrogen-bond acceptors (Lipinski definition) is 5. The maximum atomic E-state index is 12.6. The predicted molar refractivity (Wildman–Crippen MR) is 124 cm³/mol. The van der Waals surface area contributed by atoms with E-state index in [-0.39, 0.29) is 30.9 Å². The van der Waals surface area contributed by atoms with Crippen LogP contribution >= 0.6 is 0 Å². The molecule has 0 aliphatic carbocycles. The molecular weight excluding hydrogens is 430 g/mol. The van der Waals surface area contributed by atoms with Crippen molar-refractivity contribution in [1.82, 2.24) is 5.32 Å². The standard InChI is InChI=1S/C23H29N3O5S/c1-32(29,30)26(18-9-3-2-4-10-18)15-7-14-22(27)25-21-13-6-5-12-20(21)23(28)24-17-19-11-8-16-31-19/h2-6,9-10,12-13,19H,7-8,11,14-17H2,1H3,(H,24,28)(H,25,27)/t19-/m0/s1. The molecule has 0 radical (unpaired) electrons. The Bertz CT molecular complexity index is 1020. The Kier molecular flexibility index (Phi) is 8.24. The van der Waals surface area contributed by atoms with Crippen molar-refractivity contribution in [3.63, 3.8) is 0 Å². The van der Waals surface area contributed by atoms with E-state index in [1.165, 1.54) is 4.31 Å². The number of benzene rings is 2. The topological polar surface area (TPSA) is 105 Å². The van der Waals surface area contributed by atoms with E-state index in [1.807, 2.05) is 6.07 Å². The van der Waals surface area contributed by atoms with E-state index in [0.717, 1.165) is 19.1 Å². The van der Waals surface area contributed by atoms with Crippen LogP contribution < -0.4 is 14.9 Å². The van der Waals surface area contributed by atoms with Crippen molar-refractivity contribution in [2.24, 2.45) is 0 Å². The van der Waals surface area contributed by atoms with E-state index in [1.54, 1.807) is 48.5 Å². The Morgan fingerprint density at radius 2 is 1.81 bits per heavy atom. The van der Waals surface area contributed by atoms with Gasteiger partial charge in [-0.15, -0.1) is 0 Å². The highest BCUT2D eigenvalue weighted by atomic mass is 32.2. The molecule has 3 rings (SSSR count). The van der Waals surface area contributed by atoms with Crippen molar-refractivity contribution in [2.75, 3.05) is 35.6 Å². The van der Waals surface area contributed by atoms with Gasteiger partial charge in [0.05, 0.1) is 29.3 Å². The molecular formula is C23H29N3O5S. The number of anilines is 2. The zero-order valence-electron chi connectivity index (χ0n) is 18.1. The van der Waals surface area contributed by atoms with Crippen molar-refractivity contribution in [3.8, 4) is 0 Å². The van der Waals surface area contributed by atoms with E-state index >= 15 is 0 Å². The van der Waals surface area contributed by atoms with Crippen LogP contribution in [-0.2, 0) is 19.6 Å². The fraction of sp³-hybridized carbons (Fsp3) is 0.391. The van der Waals surface area contributed by atoms with Gasteiger partial charge in [-0.25, -0.2) is 8.42 Å². The zero-order chi connectivity index (χ0) is 23.0. The number of ether oxygens (including phenoxy) is 1. The van der Waals surface area contributed by atoms with Gasteiger partial charge in [0.15, 0.2) is 0 Å². The van der Waals surface area contributed by atoms with Gasteiger partial charge >= 0.3 is 0 Å². The first-order chi connectivity index (χ1) is 15.3. The molecule has 1 atom stereocenters. The number of nitrogens with zero attached hydrogens (tertiary/aromatic N) is 1. The Hall–Kier alpha value is -2.91. The van der Waals surface area contributed by atoms with Crippen LogP contribution in [0.15, 0.2) is 54.6 Å². The monoisotopic (exact) mass is 459 g/mol. The summed E-state index contributed by atoms with van der Waals surface area (Å²) in [6, 6.07) is 15.6. The second-order valence-corrected chi connectivity index (χ2v) is 9.62. The van der Waals surface area contributed by atoms with E-state index < -0.39 is 10.0 Å². The molecule has 8 nitrogen and oxygen atoms in total. The summed E-state index contributed by atoms with van der Waals surface area (Å²) in [5.41, 5.74) is 1.36. The van der Waals surface area contributed by atoms with Crippen LogP contribution in [0.5, 0.6) is 0 Å². The number of sulfonamides is 1. The van der Waals surface area contributed by atoms with Crippen molar-refractivity contribution < 1.29 is 22.7 Å². The SMILES string of the molecule is CS(=O)(=O)N(CCCC(=O)Nc1ccccc1C(=O)NC[C@@H]1CCCO1)c1ccccc1. The molecule has 1 fully saturated rings. The van der Waals surface area contributed by atoms with Crippen molar-refractivity contribution in [3.05, 3.63) is 60.2 Å². The second-order valence-electron chi connectivity index (χ2n) is 7.71. The van der Waals surface area contributed by atoms with Crippen molar-refractivity contribution in [1.29, 1.82) is 0 Å². The molecule has 0 aromatic heterocycles. The number of nitrogens with one attached hydrogen (secondary N) is 2. The highest BCUT2D eigenvalue weighted by Gasteiger charge is 2.19. The van der Waals surface area contributed by atoms with Crippen molar-refractivity contribution >= 4 is 33.2 Å². The highest BCUT2D eigenvalue weighted by molar-refractivity contribution is 7.92. The van der Waals surface area contributed by atoms with Crippen LogP contribution in [-0.4, -0.2) is 52.3 Å². The fourth-order valence-corrected chi connectivity index (χ4v) is 4.54. The van der Waals surface area contributed by atoms with Gasteiger partial charge in [0.25, 0.3) is 5.91 Å². The maximum Gasteiger partial charge on any atom is 0.253 e. The average molecular weight is 460 g/mol. The summed E-state index contributed by atoms with van der Waals surface area (Å²) in [5, 5.41) is 5.63. The first-order valence-electron chi connectivity index (χ1n) is 10.7. The molecule has 0 bridgehead atoms. The summed E-state index contributed by atoms with van der Waals surface area (Å²) in [4.78, 5) is 25.1. The molecule has 2 N–H and O–H groups in total. The fourth-order valence-electron chi connectivity index (χ4n) is 3.57. The van der Waals surface area contributed by atoms with Gasteiger partial charge in [-0.1, -0.05) is 30.3 Å². The molecule has 1 aliphatic heterocycles. The van der Waals surface area contributed by atoms with Gasteiger partial charge in [0, 0.05) is 26.1 Å². The highest BCUT2D eigenvalue weighted by Crippen LogP contribution is 2.19. The van der Waals surface area contributed by atoms with Gasteiger partial charge in [0.1, 0.15) is 0 Å². The van der Waals surface area contributed by atoms with Gasteiger partial charge in [-0.3, -0.25) is 13.9 Å². The summed E-state index contributed by atoms with van der Waals surface area (Å²) in [5.74, 6) is -0.561. The molecule has 1 heterocycles. The molecule has 172 valence electrons. The third-order valence-electron chi connectivity index (χ3n) is 5.17. The molecule has 1 saturated heterocycles. The largest absolute Gasteiger partial charge is 0.376 e. The number of carbonyl (C=O) groups excluding carboxylic acids is 2. The van der Waals surface area contributed by atoms with E-state index in [9.17, 15) is 18.0 Å².